The van der Waals surface area contributed by atoms with Crippen molar-refractivity contribution < 1.29 is 4.74 Å². The number of ether oxygens (including phenoxy) is 1. The van der Waals surface area contributed by atoms with Crippen LogP contribution in [-0.2, 0) is 0 Å². The van der Waals surface area contributed by atoms with Gasteiger partial charge < -0.3 is 4.74 Å². The highest BCUT2D eigenvalue weighted by molar-refractivity contribution is 9.10. The van der Waals surface area contributed by atoms with Crippen molar-refractivity contribution in [2.24, 2.45) is 0 Å². The molecule has 2 heterocycles. The van der Waals surface area contributed by atoms with Gasteiger partial charge in [0, 0.05) is 22.8 Å². The van der Waals surface area contributed by atoms with E-state index in [1.165, 1.54) is 12.4 Å². The van der Waals surface area contributed by atoms with E-state index in [1.807, 2.05) is 0 Å². The first-order valence-corrected chi connectivity index (χ1v) is 5.18. The summed E-state index contributed by atoms with van der Waals surface area (Å²) in [7, 11) is 0. The molecule has 0 aliphatic carbocycles. The molecule has 2 rings (SSSR count). The van der Waals surface area contributed by atoms with Crippen molar-refractivity contribution in [2.75, 3.05) is 0 Å². The molecule has 0 saturated carbocycles. The number of pyridine rings is 1. The van der Waals surface area contributed by atoms with Gasteiger partial charge in [0.1, 0.15) is 11.5 Å². The minimum absolute atomic E-state index is 0.329. The van der Waals surface area contributed by atoms with Crippen LogP contribution in [0.5, 0.6) is 11.8 Å². The lowest BCUT2D eigenvalue weighted by Gasteiger charge is -2.02. The molecule has 0 unspecified atom stereocenters. The first-order chi connectivity index (χ1) is 7.24. The van der Waals surface area contributed by atoms with Crippen molar-refractivity contribution >= 4 is 27.5 Å². The third kappa shape index (κ3) is 2.87. The Morgan fingerprint density at radius 1 is 1.13 bits per heavy atom. The van der Waals surface area contributed by atoms with E-state index >= 15 is 0 Å². The lowest BCUT2D eigenvalue weighted by molar-refractivity contribution is 0.443. The van der Waals surface area contributed by atoms with Crippen molar-refractivity contribution in [3.8, 4) is 11.8 Å². The molecule has 15 heavy (non-hydrogen) atoms. The maximum Gasteiger partial charge on any atom is 0.225 e. The monoisotopic (exact) mass is 285 g/mol. The molecule has 0 atom stereocenters. The van der Waals surface area contributed by atoms with E-state index in [1.54, 1.807) is 18.3 Å². The Kier molecular flexibility index (Phi) is 3.13. The quantitative estimate of drug-likeness (QED) is 0.796. The molecule has 2 aromatic rings. The summed E-state index contributed by atoms with van der Waals surface area (Å²) in [5.74, 6) is 0.805. The number of rotatable bonds is 2. The molecule has 76 valence electrons. The molecule has 0 aromatic carbocycles. The zero-order valence-corrected chi connectivity index (χ0v) is 9.73. The Labute approximate surface area is 99.4 Å². The van der Waals surface area contributed by atoms with Crippen LogP contribution >= 0.6 is 27.5 Å². The van der Waals surface area contributed by atoms with E-state index in [-0.39, 0.29) is 0 Å². The number of hydrogen-bond donors (Lipinski definition) is 0. The molecule has 0 aliphatic heterocycles. The SMILES string of the molecule is Clc1cc(Oc2cc(Br)ccn2)ncn1. The van der Waals surface area contributed by atoms with Gasteiger partial charge in [-0.2, -0.15) is 0 Å². The predicted molar refractivity (Wildman–Crippen MR) is 59.1 cm³/mol. The summed E-state index contributed by atoms with van der Waals surface area (Å²) in [6.45, 7) is 0. The summed E-state index contributed by atoms with van der Waals surface area (Å²) in [6, 6.07) is 5.06. The third-order valence-corrected chi connectivity index (χ3v) is 2.21. The molecular formula is C9H5BrClN3O. The predicted octanol–water partition coefficient (Wildman–Crippen LogP) is 3.08. The molecular weight excluding hydrogens is 281 g/mol. The zero-order chi connectivity index (χ0) is 10.7. The molecule has 0 radical (unpaired) electrons. The molecule has 0 N–H and O–H groups in total. The van der Waals surface area contributed by atoms with E-state index in [9.17, 15) is 0 Å². The Balaban J connectivity index is 2.22. The van der Waals surface area contributed by atoms with Crippen LogP contribution in [0.25, 0.3) is 0 Å². The fourth-order valence-electron chi connectivity index (χ4n) is 0.921. The highest BCUT2D eigenvalue weighted by Gasteiger charge is 2.01. The minimum atomic E-state index is 0.329. The van der Waals surface area contributed by atoms with E-state index in [4.69, 9.17) is 16.3 Å². The molecule has 0 spiro atoms. The standard InChI is InChI=1S/C9H5BrClN3O/c10-6-1-2-12-8(3-6)15-9-4-7(11)13-5-14-9/h1-5H. The molecule has 0 amide bonds. The molecule has 0 bridgehead atoms. The van der Waals surface area contributed by atoms with Gasteiger partial charge in [-0.15, -0.1) is 0 Å². The average molecular weight is 287 g/mol. The van der Waals surface area contributed by atoms with E-state index in [2.05, 4.69) is 30.9 Å². The Bertz CT molecular complexity index is 437. The van der Waals surface area contributed by atoms with Gasteiger partial charge in [-0.1, -0.05) is 27.5 Å². The molecule has 2 aromatic heterocycles. The lowest BCUT2D eigenvalue weighted by Crippen LogP contribution is -1.90. The van der Waals surface area contributed by atoms with Gasteiger partial charge >= 0.3 is 0 Å². The van der Waals surface area contributed by atoms with Crippen molar-refractivity contribution in [1.29, 1.82) is 0 Å². The van der Waals surface area contributed by atoms with Gasteiger partial charge in [0.15, 0.2) is 0 Å². The summed E-state index contributed by atoms with van der Waals surface area (Å²) in [6.07, 6.45) is 2.96. The summed E-state index contributed by atoms with van der Waals surface area (Å²) < 4.78 is 6.25. The van der Waals surface area contributed by atoms with Gasteiger partial charge in [0.2, 0.25) is 11.8 Å². The number of halogens is 2. The molecule has 0 saturated heterocycles. The maximum atomic E-state index is 5.68. The number of nitrogens with zero attached hydrogens (tertiary/aromatic N) is 3. The minimum Gasteiger partial charge on any atom is -0.421 e. The van der Waals surface area contributed by atoms with Crippen LogP contribution in [0.15, 0.2) is 35.2 Å². The smallest absolute Gasteiger partial charge is 0.225 e. The summed E-state index contributed by atoms with van der Waals surface area (Å²) in [5.41, 5.74) is 0. The first-order valence-electron chi connectivity index (χ1n) is 4.01. The fraction of sp³-hybridized carbons (Fsp3) is 0. The van der Waals surface area contributed by atoms with Crippen molar-refractivity contribution in [2.45, 2.75) is 0 Å². The van der Waals surface area contributed by atoms with Gasteiger partial charge in [-0.25, -0.2) is 15.0 Å². The van der Waals surface area contributed by atoms with Crippen LogP contribution in [-0.4, -0.2) is 15.0 Å². The fourth-order valence-corrected chi connectivity index (χ4v) is 1.37. The van der Waals surface area contributed by atoms with Crippen LogP contribution in [0.3, 0.4) is 0 Å². The second-order valence-electron chi connectivity index (χ2n) is 2.59. The molecule has 0 fully saturated rings. The van der Waals surface area contributed by atoms with Crippen LogP contribution in [0.4, 0.5) is 0 Å². The largest absolute Gasteiger partial charge is 0.421 e. The number of aromatic nitrogens is 3. The van der Waals surface area contributed by atoms with Gasteiger partial charge in [0.05, 0.1) is 0 Å². The first kappa shape index (κ1) is 10.3. The van der Waals surface area contributed by atoms with E-state index in [0.717, 1.165) is 4.47 Å². The number of hydrogen-bond acceptors (Lipinski definition) is 4. The van der Waals surface area contributed by atoms with Gasteiger partial charge in [-0.3, -0.25) is 0 Å². The molecule has 0 aliphatic rings. The normalized spacial score (nSPS) is 10.0. The van der Waals surface area contributed by atoms with Gasteiger partial charge in [0.25, 0.3) is 0 Å². The Morgan fingerprint density at radius 3 is 2.67 bits per heavy atom. The van der Waals surface area contributed by atoms with Crippen molar-refractivity contribution in [3.63, 3.8) is 0 Å². The zero-order valence-electron chi connectivity index (χ0n) is 7.39. The second-order valence-corrected chi connectivity index (χ2v) is 3.90. The Morgan fingerprint density at radius 2 is 1.93 bits per heavy atom. The van der Waals surface area contributed by atoms with Crippen LogP contribution in [0, 0.1) is 0 Å². The lowest BCUT2D eigenvalue weighted by atomic mass is 10.5. The third-order valence-electron chi connectivity index (χ3n) is 1.51. The highest BCUT2D eigenvalue weighted by atomic mass is 79.9. The van der Waals surface area contributed by atoms with Gasteiger partial charge in [-0.05, 0) is 6.07 Å². The summed E-state index contributed by atoms with van der Waals surface area (Å²) in [4.78, 5) is 11.6. The maximum absolute atomic E-state index is 5.68. The average Bonchev–Trinajstić information content (AvgIpc) is 2.17. The van der Waals surface area contributed by atoms with E-state index in [0.29, 0.717) is 16.9 Å². The summed E-state index contributed by atoms with van der Waals surface area (Å²) >= 11 is 8.99. The van der Waals surface area contributed by atoms with Crippen LogP contribution in [0.1, 0.15) is 0 Å². The van der Waals surface area contributed by atoms with Crippen LogP contribution < -0.4 is 4.74 Å². The Hall–Kier alpha value is -1.20. The van der Waals surface area contributed by atoms with Crippen molar-refractivity contribution in [3.05, 3.63) is 40.3 Å². The second kappa shape index (κ2) is 4.55. The molecule has 4 nitrogen and oxygen atoms in total. The van der Waals surface area contributed by atoms with Crippen molar-refractivity contribution in [1.82, 2.24) is 15.0 Å². The molecule has 6 heteroatoms. The summed E-state index contributed by atoms with van der Waals surface area (Å²) in [5, 5.41) is 0.329. The topological polar surface area (TPSA) is 47.9 Å². The van der Waals surface area contributed by atoms with Crippen LogP contribution in [0.2, 0.25) is 5.15 Å². The van der Waals surface area contributed by atoms with E-state index < -0.39 is 0 Å². The highest BCUT2D eigenvalue weighted by Crippen LogP contribution is 2.21.